The molecule has 0 aliphatic heterocycles. The normalized spacial score (nSPS) is 12.1. The van der Waals surface area contributed by atoms with Gasteiger partial charge in [0.2, 0.25) is 11.8 Å². The monoisotopic (exact) mass is 755 g/mol. The summed E-state index contributed by atoms with van der Waals surface area (Å²) in [5, 5.41) is 3.70. The molecular formula is C38H43Cl2N3O7S. The van der Waals surface area contributed by atoms with Gasteiger partial charge in [-0.1, -0.05) is 59.6 Å². The molecule has 0 unspecified atom stereocenters. The van der Waals surface area contributed by atoms with Gasteiger partial charge in [-0.15, -0.1) is 0 Å². The van der Waals surface area contributed by atoms with Crippen LogP contribution in [0.3, 0.4) is 0 Å². The zero-order valence-electron chi connectivity index (χ0n) is 29.5. The fraction of sp³-hybridized carbons (Fsp3) is 0.316. The van der Waals surface area contributed by atoms with Gasteiger partial charge in [0, 0.05) is 34.6 Å². The Hall–Kier alpha value is -4.45. The van der Waals surface area contributed by atoms with E-state index in [1.165, 1.54) is 37.3 Å². The van der Waals surface area contributed by atoms with Crippen molar-refractivity contribution in [3.05, 3.63) is 112 Å². The van der Waals surface area contributed by atoms with E-state index >= 15 is 0 Å². The molecule has 0 saturated carbocycles. The number of amides is 2. The molecule has 0 bridgehead atoms. The number of nitrogens with one attached hydrogen (secondary N) is 1. The Morgan fingerprint density at radius 3 is 2.12 bits per heavy atom. The minimum absolute atomic E-state index is 0.114. The maximum absolute atomic E-state index is 14.8. The summed E-state index contributed by atoms with van der Waals surface area (Å²) in [6.45, 7) is 7.00. The summed E-state index contributed by atoms with van der Waals surface area (Å²) in [5.74, 6) is -0.0157. The fourth-order valence-corrected chi connectivity index (χ4v) is 7.25. The quantitative estimate of drug-likeness (QED) is 0.137. The number of ether oxygens (including phenoxy) is 3. The van der Waals surface area contributed by atoms with Gasteiger partial charge in [0.15, 0.2) is 11.5 Å². The SMILES string of the molecule is CCOc1ccc(N(CC(=O)N(Cc2ccc(Cl)cc2Cl)[C@H](Cc2ccccc2)C(=O)NC(C)(C)C)S(=O)(=O)c2ccc(OC)c(OC)c2)cc1. The second-order valence-corrected chi connectivity index (χ2v) is 15.4. The first-order chi connectivity index (χ1) is 24.2. The van der Waals surface area contributed by atoms with Crippen molar-refractivity contribution < 1.29 is 32.2 Å². The van der Waals surface area contributed by atoms with E-state index in [0.717, 1.165) is 9.87 Å². The fourth-order valence-electron chi connectivity index (χ4n) is 5.35. The van der Waals surface area contributed by atoms with E-state index in [1.54, 1.807) is 42.5 Å². The second-order valence-electron chi connectivity index (χ2n) is 12.7. The van der Waals surface area contributed by atoms with Crippen molar-refractivity contribution in [2.75, 3.05) is 31.7 Å². The maximum Gasteiger partial charge on any atom is 0.264 e. The molecule has 2 amide bonds. The molecule has 0 spiro atoms. The molecule has 1 atom stereocenters. The van der Waals surface area contributed by atoms with E-state index in [9.17, 15) is 18.0 Å². The largest absolute Gasteiger partial charge is 0.494 e. The number of benzene rings is 4. The van der Waals surface area contributed by atoms with E-state index in [2.05, 4.69) is 5.32 Å². The van der Waals surface area contributed by atoms with Crippen LogP contribution in [0.2, 0.25) is 10.0 Å². The number of anilines is 1. The minimum atomic E-state index is -4.42. The highest BCUT2D eigenvalue weighted by atomic mass is 35.5. The van der Waals surface area contributed by atoms with Crippen LogP contribution in [0.25, 0.3) is 0 Å². The number of sulfonamides is 1. The van der Waals surface area contributed by atoms with Crippen LogP contribution in [0, 0.1) is 0 Å². The Kier molecular flexibility index (Phi) is 13.2. The molecule has 10 nitrogen and oxygen atoms in total. The summed E-state index contributed by atoms with van der Waals surface area (Å²) >= 11 is 12.8. The van der Waals surface area contributed by atoms with Gasteiger partial charge in [-0.3, -0.25) is 13.9 Å². The Labute approximate surface area is 310 Å². The summed E-state index contributed by atoms with van der Waals surface area (Å²) in [5.41, 5.74) is 0.883. The Morgan fingerprint density at radius 1 is 0.863 bits per heavy atom. The van der Waals surface area contributed by atoms with Crippen molar-refractivity contribution in [3.63, 3.8) is 0 Å². The van der Waals surface area contributed by atoms with Crippen LogP contribution >= 0.6 is 23.2 Å². The number of carbonyl (C=O) groups excluding carboxylic acids is 2. The molecule has 0 radical (unpaired) electrons. The lowest BCUT2D eigenvalue weighted by Crippen LogP contribution is -2.56. The third-order valence-electron chi connectivity index (χ3n) is 7.78. The van der Waals surface area contributed by atoms with Crippen LogP contribution in [0.5, 0.6) is 17.2 Å². The lowest BCUT2D eigenvalue weighted by Gasteiger charge is -2.35. The molecule has 4 rings (SSSR count). The number of hydrogen-bond acceptors (Lipinski definition) is 7. The average molecular weight is 757 g/mol. The van der Waals surface area contributed by atoms with E-state index in [4.69, 9.17) is 37.4 Å². The van der Waals surface area contributed by atoms with Crippen LogP contribution in [0.15, 0.2) is 95.9 Å². The lowest BCUT2D eigenvalue weighted by atomic mass is 10.0. The van der Waals surface area contributed by atoms with Gasteiger partial charge < -0.3 is 24.4 Å². The molecule has 4 aromatic rings. The molecule has 51 heavy (non-hydrogen) atoms. The van der Waals surface area contributed by atoms with Gasteiger partial charge in [-0.2, -0.15) is 0 Å². The van der Waals surface area contributed by atoms with Crippen molar-refractivity contribution in [3.8, 4) is 17.2 Å². The van der Waals surface area contributed by atoms with Crippen molar-refractivity contribution in [2.45, 2.75) is 57.1 Å². The number of carbonyl (C=O) groups is 2. The minimum Gasteiger partial charge on any atom is -0.494 e. The van der Waals surface area contributed by atoms with E-state index in [-0.39, 0.29) is 34.3 Å². The summed E-state index contributed by atoms with van der Waals surface area (Å²) in [6, 6.07) is 23.7. The topological polar surface area (TPSA) is 114 Å². The van der Waals surface area contributed by atoms with Gasteiger partial charge in [-0.05, 0) is 87.4 Å². The van der Waals surface area contributed by atoms with Gasteiger partial charge in [0.05, 0.1) is 31.4 Å². The molecule has 0 saturated heterocycles. The first-order valence-electron chi connectivity index (χ1n) is 16.2. The zero-order chi connectivity index (χ0) is 37.3. The van der Waals surface area contributed by atoms with Crippen LogP contribution < -0.4 is 23.8 Å². The predicted octanol–water partition coefficient (Wildman–Crippen LogP) is 7.16. The third-order valence-corrected chi connectivity index (χ3v) is 10.1. The molecule has 4 aromatic carbocycles. The standard InChI is InChI=1S/C38H43Cl2N3O7S/c1-7-50-30-17-15-29(16-18-30)43(51(46,47)31-19-20-34(48-5)35(23-31)49-6)25-36(44)42(24-27-13-14-28(39)22-32(27)40)33(37(45)41-38(2,3)4)21-26-11-9-8-10-12-26/h8-20,22-23,33H,7,21,24-25H2,1-6H3,(H,41,45)/t33-/m1/s1. The Bertz CT molecular complexity index is 1920. The van der Waals surface area contributed by atoms with E-state index in [0.29, 0.717) is 28.7 Å². The first-order valence-corrected chi connectivity index (χ1v) is 18.4. The maximum atomic E-state index is 14.8. The van der Waals surface area contributed by atoms with Crippen molar-refractivity contribution in [1.29, 1.82) is 0 Å². The van der Waals surface area contributed by atoms with Crippen LogP contribution in [0.1, 0.15) is 38.8 Å². The van der Waals surface area contributed by atoms with Gasteiger partial charge in [-0.25, -0.2) is 8.42 Å². The van der Waals surface area contributed by atoms with Crippen LogP contribution in [0.4, 0.5) is 5.69 Å². The second kappa shape index (κ2) is 17.2. The van der Waals surface area contributed by atoms with Crippen molar-refractivity contribution >= 4 is 50.7 Å². The smallest absolute Gasteiger partial charge is 0.264 e. The number of nitrogens with zero attached hydrogens (tertiary/aromatic N) is 2. The predicted molar refractivity (Wildman–Crippen MR) is 201 cm³/mol. The van der Waals surface area contributed by atoms with Crippen LogP contribution in [-0.2, 0) is 32.6 Å². The highest BCUT2D eigenvalue weighted by Gasteiger charge is 2.36. The Balaban J connectivity index is 1.87. The number of methoxy groups -OCH3 is 2. The van der Waals surface area contributed by atoms with E-state index in [1.807, 2.05) is 58.0 Å². The van der Waals surface area contributed by atoms with Gasteiger partial charge >= 0.3 is 0 Å². The molecule has 0 aliphatic rings. The lowest BCUT2D eigenvalue weighted by molar-refractivity contribution is -0.140. The molecule has 0 fully saturated rings. The third kappa shape index (κ3) is 10.3. The summed E-state index contributed by atoms with van der Waals surface area (Å²) < 4.78 is 46.3. The van der Waals surface area contributed by atoms with Gasteiger partial charge in [0.25, 0.3) is 10.0 Å². The molecule has 0 aromatic heterocycles. The summed E-state index contributed by atoms with van der Waals surface area (Å²) in [6.07, 6.45) is 0.144. The Morgan fingerprint density at radius 2 is 1.53 bits per heavy atom. The van der Waals surface area contributed by atoms with Crippen LogP contribution in [-0.4, -0.2) is 64.1 Å². The number of rotatable bonds is 15. The zero-order valence-corrected chi connectivity index (χ0v) is 31.8. The van der Waals surface area contributed by atoms with Gasteiger partial charge in [0.1, 0.15) is 18.3 Å². The van der Waals surface area contributed by atoms with Crippen molar-refractivity contribution in [1.82, 2.24) is 10.2 Å². The first kappa shape index (κ1) is 39.3. The molecule has 1 N–H and O–H groups in total. The van der Waals surface area contributed by atoms with E-state index < -0.39 is 40.0 Å². The number of halogens is 2. The highest BCUT2D eigenvalue weighted by Crippen LogP contribution is 2.33. The van der Waals surface area contributed by atoms with Crippen molar-refractivity contribution in [2.24, 2.45) is 0 Å². The molecule has 0 aliphatic carbocycles. The molecular weight excluding hydrogens is 713 g/mol. The molecule has 272 valence electrons. The molecule has 13 heteroatoms. The highest BCUT2D eigenvalue weighted by molar-refractivity contribution is 7.92. The number of hydrogen-bond donors (Lipinski definition) is 1. The average Bonchev–Trinajstić information content (AvgIpc) is 3.09. The molecule has 0 heterocycles. The summed E-state index contributed by atoms with van der Waals surface area (Å²) in [4.78, 5) is 30.1. The summed E-state index contributed by atoms with van der Waals surface area (Å²) in [7, 11) is -1.58.